The quantitative estimate of drug-likeness (QED) is 0.756. The zero-order valence-electron chi connectivity index (χ0n) is 13.1. The molecule has 2 aromatic carbocycles. The van der Waals surface area contributed by atoms with Crippen LogP contribution in [0.4, 0.5) is 0 Å². The molecular weight excluding hydrogens is 290 g/mol. The molecule has 3 rings (SSSR count). The second kappa shape index (κ2) is 6.60. The second-order valence-corrected chi connectivity index (χ2v) is 5.59. The Balaban J connectivity index is 2.00. The molecule has 5 nitrogen and oxygen atoms in total. The summed E-state index contributed by atoms with van der Waals surface area (Å²) in [5.41, 5.74) is 1.88. The Morgan fingerprint density at radius 1 is 1.17 bits per heavy atom. The zero-order valence-corrected chi connectivity index (χ0v) is 13.1. The summed E-state index contributed by atoms with van der Waals surface area (Å²) in [4.78, 5) is 11.3. The number of hydrogen-bond acceptors (Lipinski definition) is 3. The third-order valence-electron chi connectivity index (χ3n) is 4.01. The van der Waals surface area contributed by atoms with Crippen LogP contribution in [0, 0.1) is 0 Å². The molecule has 118 valence electrons. The van der Waals surface area contributed by atoms with E-state index in [1.54, 1.807) is 4.68 Å². The SMILES string of the molecule is CCCCc1c(C(=O)O)nnn1Cc1cccc2ccccc12. The number of unbranched alkanes of at least 4 members (excludes halogenated alkanes) is 1. The molecule has 0 aliphatic carbocycles. The van der Waals surface area contributed by atoms with Gasteiger partial charge in [0.1, 0.15) is 0 Å². The summed E-state index contributed by atoms with van der Waals surface area (Å²) in [5, 5.41) is 19.6. The number of aromatic nitrogens is 3. The first-order valence-electron chi connectivity index (χ1n) is 7.83. The number of carboxylic acids is 1. The van der Waals surface area contributed by atoms with Crippen molar-refractivity contribution in [2.75, 3.05) is 0 Å². The number of carbonyl (C=O) groups is 1. The Morgan fingerprint density at radius 3 is 2.74 bits per heavy atom. The summed E-state index contributed by atoms with van der Waals surface area (Å²) < 4.78 is 1.72. The van der Waals surface area contributed by atoms with Gasteiger partial charge in [0, 0.05) is 0 Å². The summed E-state index contributed by atoms with van der Waals surface area (Å²) >= 11 is 0. The molecule has 5 heteroatoms. The average molecular weight is 309 g/mol. The Morgan fingerprint density at radius 2 is 1.96 bits per heavy atom. The minimum atomic E-state index is -1.01. The van der Waals surface area contributed by atoms with E-state index < -0.39 is 5.97 Å². The number of rotatable bonds is 6. The van der Waals surface area contributed by atoms with Gasteiger partial charge >= 0.3 is 5.97 Å². The van der Waals surface area contributed by atoms with Crippen molar-refractivity contribution in [2.24, 2.45) is 0 Å². The van der Waals surface area contributed by atoms with Gasteiger partial charge in [0.15, 0.2) is 5.69 Å². The van der Waals surface area contributed by atoms with Crippen molar-refractivity contribution in [1.82, 2.24) is 15.0 Å². The third kappa shape index (κ3) is 3.08. The molecule has 0 aliphatic rings. The highest BCUT2D eigenvalue weighted by atomic mass is 16.4. The van der Waals surface area contributed by atoms with E-state index in [-0.39, 0.29) is 5.69 Å². The molecule has 0 unspecified atom stereocenters. The van der Waals surface area contributed by atoms with Crippen molar-refractivity contribution >= 4 is 16.7 Å². The van der Waals surface area contributed by atoms with Gasteiger partial charge in [-0.15, -0.1) is 5.10 Å². The van der Waals surface area contributed by atoms with Crippen molar-refractivity contribution in [2.45, 2.75) is 32.7 Å². The maximum absolute atomic E-state index is 11.3. The number of fused-ring (bicyclic) bond motifs is 1. The van der Waals surface area contributed by atoms with Crippen molar-refractivity contribution in [3.8, 4) is 0 Å². The van der Waals surface area contributed by atoms with E-state index >= 15 is 0 Å². The molecule has 0 radical (unpaired) electrons. The van der Waals surface area contributed by atoms with Crippen LogP contribution in [0.25, 0.3) is 10.8 Å². The molecule has 0 bridgehead atoms. The molecule has 1 heterocycles. The van der Waals surface area contributed by atoms with Gasteiger partial charge in [-0.1, -0.05) is 61.0 Å². The molecule has 0 atom stereocenters. The molecule has 0 aliphatic heterocycles. The van der Waals surface area contributed by atoms with E-state index in [0.29, 0.717) is 18.7 Å². The lowest BCUT2D eigenvalue weighted by Gasteiger charge is -2.09. The summed E-state index contributed by atoms with van der Waals surface area (Å²) in [6.07, 6.45) is 2.59. The highest BCUT2D eigenvalue weighted by Gasteiger charge is 2.18. The maximum Gasteiger partial charge on any atom is 0.358 e. The third-order valence-corrected chi connectivity index (χ3v) is 4.01. The molecule has 0 saturated carbocycles. The van der Waals surface area contributed by atoms with Crippen LogP contribution in [0.3, 0.4) is 0 Å². The van der Waals surface area contributed by atoms with Gasteiger partial charge in [-0.25, -0.2) is 9.48 Å². The standard InChI is InChI=1S/C18H19N3O2/c1-2-3-11-16-17(18(22)23)19-20-21(16)12-14-9-6-8-13-7-4-5-10-15(13)14/h4-10H,2-3,11-12H2,1H3,(H,22,23). The van der Waals surface area contributed by atoms with Gasteiger partial charge in [0.25, 0.3) is 0 Å². The van der Waals surface area contributed by atoms with Crippen LogP contribution >= 0.6 is 0 Å². The highest BCUT2D eigenvalue weighted by molar-refractivity contribution is 5.87. The van der Waals surface area contributed by atoms with Gasteiger partial charge < -0.3 is 5.11 Å². The van der Waals surface area contributed by atoms with Crippen molar-refractivity contribution < 1.29 is 9.90 Å². The molecule has 0 saturated heterocycles. The van der Waals surface area contributed by atoms with Gasteiger partial charge in [-0.05, 0) is 29.2 Å². The lowest BCUT2D eigenvalue weighted by molar-refractivity contribution is 0.0689. The first-order valence-corrected chi connectivity index (χ1v) is 7.83. The van der Waals surface area contributed by atoms with E-state index in [9.17, 15) is 9.90 Å². The topological polar surface area (TPSA) is 68.0 Å². The van der Waals surface area contributed by atoms with Crippen LogP contribution in [0.5, 0.6) is 0 Å². The Kier molecular flexibility index (Phi) is 4.37. The van der Waals surface area contributed by atoms with Crippen LogP contribution in [0.15, 0.2) is 42.5 Å². The monoisotopic (exact) mass is 309 g/mol. The lowest BCUT2D eigenvalue weighted by atomic mass is 10.0. The second-order valence-electron chi connectivity index (χ2n) is 5.59. The predicted octanol–water partition coefficient (Wildman–Crippen LogP) is 3.52. The molecule has 0 fully saturated rings. The van der Waals surface area contributed by atoms with E-state index in [1.165, 1.54) is 5.39 Å². The van der Waals surface area contributed by atoms with E-state index in [2.05, 4.69) is 35.4 Å². The number of nitrogens with zero attached hydrogens (tertiary/aromatic N) is 3. The number of aromatic carboxylic acids is 1. The summed E-state index contributed by atoms with van der Waals surface area (Å²) in [6.45, 7) is 2.61. The molecule has 23 heavy (non-hydrogen) atoms. The summed E-state index contributed by atoms with van der Waals surface area (Å²) in [7, 11) is 0. The smallest absolute Gasteiger partial charge is 0.358 e. The van der Waals surface area contributed by atoms with E-state index in [0.717, 1.165) is 23.8 Å². The first-order chi connectivity index (χ1) is 11.2. The van der Waals surface area contributed by atoms with Gasteiger partial charge in [0.2, 0.25) is 0 Å². The van der Waals surface area contributed by atoms with Gasteiger partial charge in [0.05, 0.1) is 12.2 Å². The molecule has 1 N–H and O–H groups in total. The first kappa shape index (κ1) is 15.2. The van der Waals surface area contributed by atoms with Crippen LogP contribution in [-0.4, -0.2) is 26.1 Å². The summed E-state index contributed by atoms with van der Waals surface area (Å²) in [6, 6.07) is 14.3. The average Bonchev–Trinajstić information content (AvgIpc) is 2.96. The number of carboxylic acid groups (broad SMARTS) is 1. The molecule has 1 aromatic heterocycles. The van der Waals surface area contributed by atoms with Crippen LogP contribution < -0.4 is 0 Å². The minimum Gasteiger partial charge on any atom is -0.476 e. The predicted molar refractivity (Wildman–Crippen MR) is 88.6 cm³/mol. The fraction of sp³-hybridized carbons (Fsp3) is 0.278. The fourth-order valence-corrected chi connectivity index (χ4v) is 2.81. The molecule has 0 amide bonds. The number of hydrogen-bond donors (Lipinski definition) is 1. The van der Waals surface area contributed by atoms with Crippen LogP contribution in [0.1, 0.15) is 41.5 Å². The Hall–Kier alpha value is -2.69. The fourth-order valence-electron chi connectivity index (χ4n) is 2.81. The van der Waals surface area contributed by atoms with Crippen LogP contribution in [-0.2, 0) is 13.0 Å². The highest BCUT2D eigenvalue weighted by Crippen LogP contribution is 2.20. The summed E-state index contributed by atoms with van der Waals surface area (Å²) in [5.74, 6) is -1.01. The zero-order chi connectivity index (χ0) is 16.2. The largest absolute Gasteiger partial charge is 0.476 e. The van der Waals surface area contributed by atoms with Crippen molar-refractivity contribution in [1.29, 1.82) is 0 Å². The van der Waals surface area contributed by atoms with Gasteiger partial charge in [-0.3, -0.25) is 0 Å². The molecule has 3 aromatic rings. The molecule has 0 spiro atoms. The molecular formula is C18H19N3O2. The Labute approximate surface area is 134 Å². The Bertz CT molecular complexity index is 834. The van der Waals surface area contributed by atoms with Gasteiger partial charge in [-0.2, -0.15) is 0 Å². The van der Waals surface area contributed by atoms with Crippen LogP contribution in [0.2, 0.25) is 0 Å². The minimum absolute atomic E-state index is 0.0682. The normalized spacial score (nSPS) is 11.0. The lowest BCUT2D eigenvalue weighted by Crippen LogP contribution is -2.10. The maximum atomic E-state index is 11.3. The van der Waals surface area contributed by atoms with Crippen molar-refractivity contribution in [3.63, 3.8) is 0 Å². The van der Waals surface area contributed by atoms with E-state index in [1.807, 2.05) is 24.3 Å². The van der Waals surface area contributed by atoms with Crippen molar-refractivity contribution in [3.05, 3.63) is 59.4 Å². The number of benzene rings is 2. The van der Waals surface area contributed by atoms with E-state index in [4.69, 9.17) is 0 Å².